The quantitative estimate of drug-likeness (QED) is 0.817. The molecule has 9 heteroatoms. The van der Waals surface area contributed by atoms with E-state index in [2.05, 4.69) is 15.0 Å². The highest BCUT2D eigenvalue weighted by atomic mass is 35.5. The van der Waals surface area contributed by atoms with Crippen molar-refractivity contribution < 1.29 is 4.52 Å². The number of nitrogens with two attached hydrogens (primary N) is 2. The molecule has 1 saturated heterocycles. The summed E-state index contributed by atoms with van der Waals surface area (Å²) in [5.41, 5.74) is 12.6. The summed E-state index contributed by atoms with van der Waals surface area (Å²) in [6.07, 6.45) is 3.89. The van der Waals surface area contributed by atoms with Crippen molar-refractivity contribution in [3.05, 3.63) is 11.2 Å². The zero-order valence-electron chi connectivity index (χ0n) is 11.0. The molecule has 1 aliphatic heterocycles. The minimum absolute atomic E-state index is 0. The van der Waals surface area contributed by atoms with Gasteiger partial charge < -0.3 is 20.9 Å². The number of rotatable bonds is 1. The number of piperidine rings is 1. The standard InChI is InChI=1S/C12H14ClN5O.2ClH/c13-6-3-16-12(10-8(6)11(15)17-19-10)18-4-5-1-2-7(18)9(5)14;;/h3,5,7,9H,1-2,4,14H2,(H2,15,17);2*1H/t5-,7-,9+;;/m0../s1. The van der Waals surface area contributed by atoms with Crippen LogP contribution in [0.1, 0.15) is 12.8 Å². The second-order valence-electron chi connectivity index (χ2n) is 5.34. The molecule has 4 rings (SSSR count). The molecule has 2 bridgehead atoms. The zero-order valence-corrected chi connectivity index (χ0v) is 13.4. The molecule has 21 heavy (non-hydrogen) atoms. The highest BCUT2D eigenvalue weighted by Gasteiger charge is 2.46. The molecule has 0 spiro atoms. The lowest BCUT2D eigenvalue weighted by Gasteiger charge is -2.27. The van der Waals surface area contributed by atoms with Crippen LogP contribution in [0.2, 0.25) is 5.02 Å². The van der Waals surface area contributed by atoms with Gasteiger partial charge in [0.25, 0.3) is 0 Å². The molecule has 3 heterocycles. The number of anilines is 2. The van der Waals surface area contributed by atoms with E-state index >= 15 is 0 Å². The summed E-state index contributed by atoms with van der Waals surface area (Å²) in [5.74, 6) is 1.60. The van der Waals surface area contributed by atoms with Gasteiger partial charge in [0.1, 0.15) is 0 Å². The van der Waals surface area contributed by atoms with Gasteiger partial charge in [-0.15, -0.1) is 24.8 Å². The molecule has 4 N–H and O–H groups in total. The average molecular weight is 353 g/mol. The number of hydrogen-bond donors (Lipinski definition) is 2. The average Bonchev–Trinajstić information content (AvgIpc) is 3.05. The van der Waals surface area contributed by atoms with E-state index in [4.69, 9.17) is 27.6 Å². The van der Waals surface area contributed by atoms with Gasteiger partial charge >= 0.3 is 0 Å². The van der Waals surface area contributed by atoms with Crippen LogP contribution in [0.4, 0.5) is 11.6 Å². The first-order valence-electron chi connectivity index (χ1n) is 6.38. The third-order valence-electron chi connectivity index (χ3n) is 4.39. The van der Waals surface area contributed by atoms with Gasteiger partial charge in [-0.3, -0.25) is 0 Å². The summed E-state index contributed by atoms with van der Waals surface area (Å²) in [6.45, 7) is 0.913. The lowest BCUT2D eigenvalue weighted by molar-refractivity contribution is 0.457. The molecule has 2 aromatic rings. The first kappa shape index (κ1) is 16.4. The van der Waals surface area contributed by atoms with E-state index in [1.165, 1.54) is 6.42 Å². The summed E-state index contributed by atoms with van der Waals surface area (Å²) in [5, 5.41) is 4.90. The van der Waals surface area contributed by atoms with Crippen LogP contribution < -0.4 is 16.4 Å². The summed E-state index contributed by atoms with van der Waals surface area (Å²) in [7, 11) is 0. The maximum absolute atomic E-state index is 6.22. The van der Waals surface area contributed by atoms with E-state index in [0.29, 0.717) is 33.8 Å². The molecule has 0 radical (unpaired) electrons. The molecule has 6 nitrogen and oxygen atoms in total. The Balaban J connectivity index is 0.000000807. The maximum Gasteiger partial charge on any atom is 0.213 e. The Labute approximate surface area is 139 Å². The fraction of sp³-hybridized carbons (Fsp3) is 0.500. The molecule has 1 saturated carbocycles. The van der Waals surface area contributed by atoms with E-state index in [-0.39, 0.29) is 30.9 Å². The van der Waals surface area contributed by atoms with Crippen LogP contribution in [-0.2, 0) is 0 Å². The third kappa shape index (κ3) is 2.21. The lowest BCUT2D eigenvalue weighted by Crippen LogP contribution is -2.38. The van der Waals surface area contributed by atoms with Gasteiger partial charge in [0.05, 0.1) is 10.4 Å². The summed E-state index contributed by atoms with van der Waals surface area (Å²) in [6, 6.07) is 0.543. The van der Waals surface area contributed by atoms with Crippen molar-refractivity contribution in [3.63, 3.8) is 0 Å². The van der Waals surface area contributed by atoms with Crippen LogP contribution in [-0.4, -0.2) is 28.8 Å². The van der Waals surface area contributed by atoms with Gasteiger partial charge in [-0.05, 0) is 18.8 Å². The van der Waals surface area contributed by atoms with E-state index in [0.717, 1.165) is 18.8 Å². The van der Waals surface area contributed by atoms with Crippen molar-refractivity contribution in [2.75, 3.05) is 17.2 Å². The van der Waals surface area contributed by atoms with Gasteiger partial charge in [-0.1, -0.05) is 16.8 Å². The molecule has 0 aromatic carbocycles. The minimum atomic E-state index is 0. The predicted octanol–water partition coefficient (Wildman–Crippen LogP) is 2.23. The third-order valence-corrected chi connectivity index (χ3v) is 4.67. The molecule has 3 atom stereocenters. The first-order valence-corrected chi connectivity index (χ1v) is 6.76. The van der Waals surface area contributed by atoms with Gasteiger partial charge in [-0.2, -0.15) is 0 Å². The normalized spacial score (nSPS) is 26.8. The van der Waals surface area contributed by atoms with Crippen LogP contribution >= 0.6 is 36.4 Å². The summed E-state index contributed by atoms with van der Waals surface area (Å²) < 4.78 is 5.31. The SMILES string of the molecule is Cl.Cl.Nc1noc2c(N3C[C@@H]4CC[C@H]3[C@@H]4N)ncc(Cl)c12. The fourth-order valence-corrected chi connectivity index (χ4v) is 3.65. The number of nitrogen functional groups attached to an aromatic ring is 1. The molecule has 0 unspecified atom stereocenters. The van der Waals surface area contributed by atoms with Crippen molar-refractivity contribution in [2.45, 2.75) is 24.9 Å². The number of aromatic nitrogens is 2. The van der Waals surface area contributed by atoms with Crippen molar-refractivity contribution in [1.29, 1.82) is 0 Å². The highest BCUT2D eigenvalue weighted by molar-refractivity contribution is 6.36. The second-order valence-corrected chi connectivity index (χ2v) is 5.74. The van der Waals surface area contributed by atoms with Gasteiger partial charge in [0.15, 0.2) is 11.6 Å². The minimum Gasteiger partial charge on any atom is -0.380 e. The summed E-state index contributed by atoms with van der Waals surface area (Å²) in [4.78, 5) is 6.61. The van der Waals surface area contributed by atoms with Crippen LogP contribution in [0, 0.1) is 5.92 Å². The Morgan fingerprint density at radius 3 is 2.71 bits per heavy atom. The molecule has 2 fully saturated rings. The Morgan fingerprint density at radius 2 is 2.10 bits per heavy atom. The summed E-state index contributed by atoms with van der Waals surface area (Å²) >= 11 is 6.10. The van der Waals surface area contributed by atoms with Crippen LogP contribution in [0.3, 0.4) is 0 Å². The number of hydrogen-bond acceptors (Lipinski definition) is 6. The molecular formula is C12H16Cl3N5O. The number of fused-ring (bicyclic) bond motifs is 3. The van der Waals surface area contributed by atoms with E-state index in [9.17, 15) is 0 Å². The molecule has 0 amide bonds. The van der Waals surface area contributed by atoms with Crippen LogP contribution in [0.25, 0.3) is 11.0 Å². The second kappa shape index (κ2) is 5.68. The van der Waals surface area contributed by atoms with Crippen LogP contribution in [0.15, 0.2) is 10.7 Å². The number of nitrogens with zero attached hydrogens (tertiary/aromatic N) is 3. The van der Waals surface area contributed by atoms with Crippen molar-refractivity contribution in [3.8, 4) is 0 Å². The number of pyridine rings is 1. The van der Waals surface area contributed by atoms with Gasteiger partial charge in [0, 0.05) is 24.8 Å². The fourth-order valence-electron chi connectivity index (χ4n) is 3.42. The largest absolute Gasteiger partial charge is 0.380 e. The van der Waals surface area contributed by atoms with Gasteiger partial charge in [0.2, 0.25) is 5.58 Å². The molecule has 116 valence electrons. The van der Waals surface area contributed by atoms with Crippen molar-refractivity contribution >= 4 is 59.0 Å². The zero-order chi connectivity index (χ0) is 13.1. The van der Waals surface area contributed by atoms with Crippen molar-refractivity contribution in [1.82, 2.24) is 10.1 Å². The predicted molar refractivity (Wildman–Crippen MR) is 87.6 cm³/mol. The molecule has 2 aromatic heterocycles. The number of halogens is 3. The highest BCUT2D eigenvalue weighted by Crippen LogP contribution is 2.42. The maximum atomic E-state index is 6.22. The smallest absolute Gasteiger partial charge is 0.213 e. The molecule has 2 aliphatic rings. The Morgan fingerprint density at radius 1 is 1.33 bits per heavy atom. The first-order chi connectivity index (χ1) is 9.16. The van der Waals surface area contributed by atoms with Crippen LogP contribution in [0.5, 0.6) is 0 Å². The Hall–Kier alpha value is -0.950. The molecular weight excluding hydrogens is 337 g/mol. The Bertz CT molecular complexity index is 664. The van der Waals surface area contributed by atoms with Gasteiger partial charge in [-0.25, -0.2) is 4.98 Å². The van der Waals surface area contributed by atoms with E-state index < -0.39 is 0 Å². The Kier molecular flexibility index (Phi) is 4.44. The van der Waals surface area contributed by atoms with E-state index in [1.807, 2.05) is 0 Å². The monoisotopic (exact) mass is 351 g/mol. The topological polar surface area (TPSA) is 94.2 Å². The molecule has 1 aliphatic carbocycles. The van der Waals surface area contributed by atoms with E-state index in [1.54, 1.807) is 6.20 Å². The van der Waals surface area contributed by atoms with Crippen molar-refractivity contribution in [2.24, 2.45) is 11.7 Å². The lowest BCUT2D eigenvalue weighted by atomic mass is 10.1.